The standard InChI is InChI=1S/C11H11F3O5S/c12-11(13,14)19-9-4-2-1-3-8(9)18-10-6-20(16,17)5-7(10)15/h1-4,7,10,15H,5-6H2. The van der Waals surface area contributed by atoms with E-state index >= 15 is 0 Å². The molecule has 0 aliphatic carbocycles. The molecule has 2 rings (SSSR count). The Bertz CT molecular complexity index is 584. The average Bonchev–Trinajstić information content (AvgIpc) is 2.52. The number of sulfone groups is 1. The van der Waals surface area contributed by atoms with Crippen LogP contribution in [-0.2, 0) is 9.84 Å². The first-order valence-corrected chi connectivity index (χ1v) is 7.38. The lowest BCUT2D eigenvalue weighted by atomic mass is 10.2. The Labute approximate surface area is 112 Å². The zero-order valence-corrected chi connectivity index (χ0v) is 10.8. The number of alkyl halides is 3. The molecule has 9 heteroatoms. The third-order valence-electron chi connectivity index (χ3n) is 2.63. The van der Waals surface area contributed by atoms with Crippen molar-refractivity contribution in [3.63, 3.8) is 0 Å². The Morgan fingerprint density at radius 1 is 1.15 bits per heavy atom. The van der Waals surface area contributed by atoms with E-state index in [4.69, 9.17) is 4.74 Å². The third kappa shape index (κ3) is 3.76. The molecule has 1 aromatic rings. The highest BCUT2D eigenvalue weighted by Crippen LogP contribution is 2.33. The van der Waals surface area contributed by atoms with Crippen LogP contribution >= 0.6 is 0 Å². The van der Waals surface area contributed by atoms with Crippen molar-refractivity contribution in [1.29, 1.82) is 0 Å². The van der Waals surface area contributed by atoms with Crippen LogP contribution in [0.3, 0.4) is 0 Å². The van der Waals surface area contributed by atoms with E-state index < -0.39 is 45.7 Å². The number of aliphatic hydroxyl groups is 1. The summed E-state index contributed by atoms with van der Waals surface area (Å²) in [6.45, 7) is 0. The van der Waals surface area contributed by atoms with E-state index in [1.807, 2.05) is 0 Å². The number of aliphatic hydroxyl groups excluding tert-OH is 1. The lowest BCUT2D eigenvalue weighted by Gasteiger charge is -2.18. The SMILES string of the molecule is O=S1(=O)CC(O)C(Oc2ccccc2OC(F)(F)F)C1. The van der Waals surface area contributed by atoms with Crippen molar-refractivity contribution in [2.45, 2.75) is 18.6 Å². The van der Waals surface area contributed by atoms with Gasteiger partial charge in [-0.2, -0.15) is 0 Å². The fourth-order valence-electron chi connectivity index (χ4n) is 1.83. The van der Waals surface area contributed by atoms with Gasteiger partial charge in [-0.1, -0.05) is 12.1 Å². The molecule has 1 aromatic carbocycles. The lowest BCUT2D eigenvalue weighted by Crippen LogP contribution is -2.30. The normalized spacial score (nSPS) is 25.4. The van der Waals surface area contributed by atoms with Crippen LogP contribution in [0.4, 0.5) is 13.2 Å². The van der Waals surface area contributed by atoms with Crippen LogP contribution in [0.25, 0.3) is 0 Å². The quantitative estimate of drug-likeness (QED) is 0.905. The molecule has 0 radical (unpaired) electrons. The summed E-state index contributed by atoms with van der Waals surface area (Å²) in [7, 11) is -3.45. The van der Waals surface area contributed by atoms with E-state index in [0.717, 1.165) is 6.07 Å². The molecule has 0 spiro atoms. The molecule has 2 atom stereocenters. The summed E-state index contributed by atoms with van der Waals surface area (Å²) in [4.78, 5) is 0. The van der Waals surface area contributed by atoms with Gasteiger partial charge in [0.2, 0.25) is 0 Å². The second kappa shape index (κ2) is 5.13. The maximum atomic E-state index is 12.2. The van der Waals surface area contributed by atoms with E-state index in [-0.39, 0.29) is 5.75 Å². The summed E-state index contributed by atoms with van der Waals surface area (Å²) in [6, 6.07) is 4.97. The van der Waals surface area contributed by atoms with Crippen LogP contribution in [0.2, 0.25) is 0 Å². The van der Waals surface area contributed by atoms with Crippen LogP contribution in [0, 0.1) is 0 Å². The summed E-state index contributed by atoms with van der Waals surface area (Å²) < 4.78 is 68.2. The molecule has 112 valence electrons. The number of benzene rings is 1. The van der Waals surface area contributed by atoms with Crippen molar-refractivity contribution in [2.24, 2.45) is 0 Å². The van der Waals surface area contributed by atoms with Gasteiger partial charge in [0.1, 0.15) is 12.2 Å². The van der Waals surface area contributed by atoms with Gasteiger partial charge in [0, 0.05) is 0 Å². The van der Waals surface area contributed by atoms with Crippen molar-refractivity contribution in [1.82, 2.24) is 0 Å². The summed E-state index contributed by atoms with van der Waals surface area (Å²) in [5, 5.41) is 9.54. The molecule has 0 bridgehead atoms. The molecule has 1 aliphatic rings. The molecular weight excluding hydrogens is 301 g/mol. The predicted octanol–water partition coefficient (Wildman–Crippen LogP) is 1.12. The number of hydrogen-bond acceptors (Lipinski definition) is 5. The van der Waals surface area contributed by atoms with Gasteiger partial charge in [-0.15, -0.1) is 13.2 Å². The van der Waals surface area contributed by atoms with E-state index in [1.54, 1.807) is 0 Å². The Hall–Kier alpha value is -1.48. The molecule has 5 nitrogen and oxygen atoms in total. The number of rotatable bonds is 3. The molecule has 0 aromatic heterocycles. The smallest absolute Gasteiger partial charge is 0.483 e. The fraction of sp³-hybridized carbons (Fsp3) is 0.455. The Balaban J connectivity index is 2.18. The highest BCUT2D eigenvalue weighted by molar-refractivity contribution is 7.91. The molecule has 1 aliphatic heterocycles. The van der Waals surface area contributed by atoms with Gasteiger partial charge in [0.05, 0.1) is 11.5 Å². The molecule has 2 unspecified atom stereocenters. The van der Waals surface area contributed by atoms with Gasteiger partial charge in [-0.25, -0.2) is 8.42 Å². The molecule has 0 saturated carbocycles. The minimum Gasteiger partial charge on any atom is -0.483 e. The molecule has 1 saturated heterocycles. The lowest BCUT2D eigenvalue weighted by molar-refractivity contribution is -0.275. The molecule has 20 heavy (non-hydrogen) atoms. The maximum absolute atomic E-state index is 12.2. The predicted molar refractivity (Wildman–Crippen MR) is 62.2 cm³/mol. The van der Waals surface area contributed by atoms with Crippen molar-refractivity contribution in [3.8, 4) is 11.5 Å². The third-order valence-corrected chi connectivity index (χ3v) is 4.31. The molecule has 0 amide bonds. The topological polar surface area (TPSA) is 72.8 Å². The van der Waals surface area contributed by atoms with Crippen molar-refractivity contribution in [2.75, 3.05) is 11.5 Å². The summed E-state index contributed by atoms with van der Waals surface area (Å²) in [6.07, 6.45) is -7.28. The minimum atomic E-state index is -4.89. The largest absolute Gasteiger partial charge is 0.573 e. The van der Waals surface area contributed by atoms with E-state index in [0.29, 0.717) is 0 Å². The van der Waals surface area contributed by atoms with Crippen molar-refractivity contribution < 1.29 is 36.2 Å². The van der Waals surface area contributed by atoms with Crippen LogP contribution in [0.1, 0.15) is 0 Å². The zero-order valence-electron chi connectivity index (χ0n) is 10.0. The highest BCUT2D eigenvalue weighted by Gasteiger charge is 2.39. The summed E-state index contributed by atoms with van der Waals surface area (Å²) in [5.41, 5.74) is 0. The van der Waals surface area contributed by atoms with Crippen LogP contribution in [0.15, 0.2) is 24.3 Å². The van der Waals surface area contributed by atoms with Gasteiger partial charge in [-0.3, -0.25) is 0 Å². The maximum Gasteiger partial charge on any atom is 0.573 e. The minimum absolute atomic E-state index is 0.272. The van der Waals surface area contributed by atoms with Gasteiger partial charge >= 0.3 is 6.36 Å². The van der Waals surface area contributed by atoms with Crippen LogP contribution < -0.4 is 9.47 Å². The average molecular weight is 312 g/mol. The van der Waals surface area contributed by atoms with Gasteiger partial charge in [-0.05, 0) is 12.1 Å². The van der Waals surface area contributed by atoms with Gasteiger partial charge in [0.25, 0.3) is 0 Å². The first-order valence-electron chi connectivity index (χ1n) is 5.56. The van der Waals surface area contributed by atoms with Gasteiger partial charge < -0.3 is 14.6 Å². The van der Waals surface area contributed by atoms with Gasteiger partial charge in [0.15, 0.2) is 21.3 Å². The van der Waals surface area contributed by atoms with Crippen molar-refractivity contribution in [3.05, 3.63) is 24.3 Å². The Morgan fingerprint density at radius 2 is 1.75 bits per heavy atom. The first-order chi connectivity index (χ1) is 9.16. The number of halogens is 3. The molecule has 1 N–H and O–H groups in total. The second-order valence-electron chi connectivity index (χ2n) is 4.30. The highest BCUT2D eigenvalue weighted by atomic mass is 32.2. The Morgan fingerprint density at radius 3 is 2.25 bits per heavy atom. The van der Waals surface area contributed by atoms with E-state index in [2.05, 4.69) is 4.74 Å². The van der Waals surface area contributed by atoms with E-state index in [9.17, 15) is 26.7 Å². The monoisotopic (exact) mass is 312 g/mol. The Kier molecular flexibility index (Phi) is 3.83. The second-order valence-corrected chi connectivity index (χ2v) is 6.45. The molecule has 1 heterocycles. The summed E-state index contributed by atoms with van der Waals surface area (Å²) >= 11 is 0. The number of para-hydroxylation sites is 2. The van der Waals surface area contributed by atoms with Crippen LogP contribution in [0.5, 0.6) is 11.5 Å². The summed E-state index contributed by atoms with van der Waals surface area (Å²) in [5.74, 6) is -1.78. The number of hydrogen-bond donors (Lipinski definition) is 1. The molecule has 1 fully saturated rings. The van der Waals surface area contributed by atoms with E-state index in [1.165, 1.54) is 18.2 Å². The fourth-order valence-corrected chi connectivity index (χ4v) is 3.49. The first kappa shape index (κ1) is 14.9. The van der Waals surface area contributed by atoms with Crippen molar-refractivity contribution >= 4 is 9.84 Å². The molecular formula is C11H11F3O5S. The number of ether oxygens (including phenoxy) is 2. The van der Waals surface area contributed by atoms with Crippen LogP contribution in [-0.4, -0.2) is 43.6 Å². The zero-order chi connectivity index (χ0) is 15.0.